The molecular formula is C15H20F3NO. The van der Waals surface area contributed by atoms with Gasteiger partial charge in [-0.3, -0.25) is 0 Å². The van der Waals surface area contributed by atoms with Gasteiger partial charge in [0, 0.05) is 5.69 Å². The standard InChI is InChI=1S/C15H20F3NO/c1-10-7-8-11(15(16,17)18)9-13(10)19-12-5-3-2-4-6-14(12)20/h7-9,12,14,19-20H,2-6H2,1H3. The lowest BCUT2D eigenvalue weighted by atomic mass is 10.0. The van der Waals surface area contributed by atoms with Crippen LogP contribution < -0.4 is 5.32 Å². The zero-order valence-electron chi connectivity index (χ0n) is 11.5. The second-order valence-corrected chi connectivity index (χ2v) is 5.48. The fourth-order valence-corrected chi connectivity index (χ4v) is 2.61. The summed E-state index contributed by atoms with van der Waals surface area (Å²) in [5.41, 5.74) is 0.564. The maximum absolute atomic E-state index is 12.7. The Morgan fingerprint density at radius 2 is 1.85 bits per heavy atom. The van der Waals surface area contributed by atoms with E-state index in [1.165, 1.54) is 6.07 Å². The summed E-state index contributed by atoms with van der Waals surface area (Å²) in [6.45, 7) is 1.77. The summed E-state index contributed by atoms with van der Waals surface area (Å²) in [6, 6.07) is 3.52. The number of anilines is 1. The van der Waals surface area contributed by atoms with Crippen LogP contribution >= 0.6 is 0 Å². The zero-order valence-corrected chi connectivity index (χ0v) is 11.5. The Morgan fingerprint density at radius 1 is 1.15 bits per heavy atom. The van der Waals surface area contributed by atoms with E-state index >= 15 is 0 Å². The number of nitrogens with one attached hydrogen (secondary N) is 1. The Balaban J connectivity index is 2.19. The van der Waals surface area contributed by atoms with E-state index in [1.54, 1.807) is 6.92 Å². The molecule has 1 aliphatic rings. The lowest BCUT2D eigenvalue weighted by Crippen LogP contribution is -2.32. The van der Waals surface area contributed by atoms with Gasteiger partial charge in [-0.2, -0.15) is 13.2 Å². The van der Waals surface area contributed by atoms with Crippen LogP contribution in [0.4, 0.5) is 18.9 Å². The summed E-state index contributed by atoms with van der Waals surface area (Å²) in [5, 5.41) is 13.1. The fraction of sp³-hybridized carbons (Fsp3) is 0.600. The predicted molar refractivity (Wildman–Crippen MR) is 72.7 cm³/mol. The van der Waals surface area contributed by atoms with Crippen molar-refractivity contribution in [2.24, 2.45) is 0 Å². The highest BCUT2D eigenvalue weighted by Gasteiger charge is 2.31. The van der Waals surface area contributed by atoms with E-state index in [4.69, 9.17) is 0 Å². The Hall–Kier alpha value is -1.23. The smallest absolute Gasteiger partial charge is 0.391 e. The molecule has 0 saturated heterocycles. The van der Waals surface area contributed by atoms with Crippen LogP contribution in [0.1, 0.15) is 43.2 Å². The van der Waals surface area contributed by atoms with Gasteiger partial charge in [0.1, 0.15) is 0 Å². The molecule has 1 aromatic rings. The van der Waals surface area contributed by atoms with Gasteiger partial charge in [-0.1, -0.05) is 25.3 Å². The fourth-order valence-electron chi connectivity index (χ4n) is 2.61. The highest BCUT2D eigenvalue weighted by Crippen LogP contribution is 2.33. The van der Waals surface area contributed by atoms with Crippen molar-refractivity contribution in [3.8, 4) is 0 Å². The molecule has 2 atom stereocenters. The number of aliphatic hydroxyl groups excluding tert-OH is 1. The number of hydrogen-bond acceptors (Lipinski definition) is 2. The predicted octanol–water partition coefficient (Wildman–Crippen LogP) is 4.12. The quantitative estimate of drug-likeness (QED) is 0.802. The first-order chi connectivity index (χ1) is 9.38. The van der Waals surface area contributed by atoms with Crippen LogP contribution in [0.5, 0.6) is 0 Å². The molecule has 0 heterocycles. The molecule has 0 spiro atoms. The van der Waals surface area contributed by atoms with E-state index in [0.29, 0.717) is 12.1 Å². The molecule has 0 aromatic heterocycles. The third-order valence-corrected chi connectivity index (χ3v) is 3.89. The molecule has 2 nitrogen and oxygen atoms in total. The molecule has 20 heavy (non-hydrogen) atoms. The van der Waals surface area contributed by atoms with Crippen molar-refractivity contribution in [1.29, 1.82) is 0 Å². The van der Waals surface area contributed by atoms with Crippen molar-refractivity contribution in [2.75, 3.05) is 5.32 Å². The van der Waals surface area contributed by atoms with Gasteiger partial charge in [0.2, 0.25) is 0 Å². The summed E-state index contributed by atoms with van der Waals surface area (Å²) in [5.74, 6) is 0. The van der Waals surface area contributed by atoms with Crippen LogP contribution in [-0.2, 0) is 6.18 Å². The molecule has 0 amide bonds. The number of benzene rings is 1. The number of aryl methyl sites for hydroxylation is 1. The lowest BCUT2D eigenvalue weighted by molar-refractivity contribution is -0.137. The van der Waals surface area contributed by atoms with Gasteiger partial charge in [-0.05, 0) is 37.5 Å². The van der Waals surface area contributed by atoms with Crippen LogP contribution in [-0.4, -0.2) is 17.3 Å². The number of rotatable bonds is 2. The summed E-state index contributed by atoms with van der Waals surface area (Å²) in [7, 11) is 0. The minimum Gasteiger partial charge on any atom is -0.391 e. The first-order valence-electron chi connectivity index (χ1n) is 7.00. The Bertz CT molecular complexity index is 459. The summed E-state index contributed by atoms with van der Waals surface area (Å²) in [6.07, 6.45) is -0.310. The van der Waals surface area contributed by atoms with Crippen molar-refractivity contribution in [3.63, 3.8) is 0 Å². The maximum Gasteiger partial charge on any atom is 0.416 e. The maximum atomic E-state index is 12.7. The SMILES string of the molecule is Cc1ccc(C(F)(F)F)cc1NC1CCCCCC1O. The van der Waals surface area contributed by atoms with Crippen LogP contribution in [0.2, 0.25) is 0 Å². The molecule has 1 aliphatic carbocycles. The van der Waals surface area contributed by atoms with Gasteiger partial charge >= 0.3 is 6.18 Å². The van der Waals surface area contributed by atoms with E-state index in [0.717, 1.165) is 43.4 Å². The van der Waals surface area contributed by atoms with Crippen molar-refractivity contribution in [3.05, 3.63) is 29.3 Å². The molecule has 5 heteroatoms. The molecule has 1 aromatic carbocycles. The summed E-state index contributed by atoms with van der Waals surface area (Å²) >= 11 is 0. The van der Waals surface area contributed by atoms with Crippen LogP contribution in [0.15, 0.2) is 18.2 Å². The summed E-state index contributed by atoms with van der Waals surface area (Å²) in [4.78, 5) is 0. The van der Waals surface area contributed by atoms with Gasteiger partial charge in [-0.25, -0.2) is 0 Å². The monoisotopic (exact) mass is 287 g/mol. The largest absolute Gasteiger partial charge is 0.416 e. The first-order valence-corrected chi connectivity index (χ1v) is 7.00. The average Bonchev–Trinajstić information content (AvgIpc) is 2.56. The Kier molecular flexibility index (Phi) is 4.58. The second kappa shape index (κ2) is 6.04. The van der Waals surface area contributed by atoms with E-state index in [9.17, 15) is 18.3 Å². The molecule has 1 saturated carbocycles. The number of halogens is 3. The molecule has 112 valence electrons. The van der Waals surface area contributed by atoms with E-state index < -0.39 is 17.8 Å². The van der Waals surface area contributed by atoms with Crippen LogP contribution in [0.25, 0.3) is 0 Å². The van der Waals surface area contributed by atoms with Gasteiger partial charge in [0.05, 0.1) is 17.7 Å². The van der Waals surface area contributed by atoms with Gasteiger partial charge in [0.25, 0.3) is 0 Å². The van der Waals surface area contributed by atoms with Gasteiger partial charge in [0.15, 0.2) is 0 Å². The van der Waals surface area contributed by atoms with E-state index in [-0.39, 0.29) is 6.04 Å². The molecule has 0 aliphatic heterocycles. The number of hydrogen-bond donors (Lipinski definition) is 2. The second-order valence-electron chi connectivity index (χ2n) is 5.48. The minimum absolute atomic E-state index is 0.167. The molecular weight excluding hydrogens is 267 g/mol. The minimum atomic E-state index is -4.34. The van der Waals surface area contributed by atoms with Crippen molar-refractivity contribution in [2.45, 2.75) is 57.3 Å². The molecule has 0 radical (unpaired) electrons. The van der Waals surface area contributed by atoms with Crippen molar-refractivity contribution >= 4 is 5.69 Å². The van der Waals surface area contributed by atoms with E-state index in [1.807, 2.05) is 0 Å². The molecule has 2 N–H and O–H groups in total. The Labute approximate surface area is 117 Å². The third kappa shape index (κ3) is 3.66. The van der Waals surface area contributed by atoms with Crippen LogP contribution in [0.3, 0.4) is 0 Å². The molecule has 2 rings (SSSR count). The van der Waals surface area contributed by atoms with Gasteiger partial charge in [-0.15, -0.1) is 0 Å². The third-order valence-electron chi connectivity index (χ3n) is 3.89. The normalized spacial score (nSPS) is 24.2. The van der Waals surface area contributed by atoms with Crippen LogP contribution in [0, 0.1) is 6.92 Å². The average molecular weight is 287 g/mol. The van der Waals surface area contributed by atoms with Crippen molar-refractivity contribution < 1.29 is 18.3 Å². The molecule has 2 unspecified atom stereocenters. The number of alkyl halides is 3. The zero-order chi connectivity index (χ0) is 14.8. The molecule has 0 bridgehead atoms. The molecule has 1 fully saturated rings. The van der Waals surface area contributed by atoms with Gasteiger partial charge < -0.3 is 10.4 Å². The summed E-state index contributed by atoms with van der Waals surface area (Å²) < 4.78 is 38.2. The lowest BCUT2D eigenvalue weighted by Gasteiger charge is -2.24. The topological polar surface area (TPSA) is 32.3 Å². The first kappa shape index (κ1) is 15.2. The number of aliphatic hydroxyl groups is 1. The van der Waals surface area contributed by atoms with Crippen molar-refractivity contribution in [1.82, 2.24) is 0 Å². The highest BCUT2D eigenvalue weighted by molar-refractivity contribution is 5.54. The Morgan fingerprint density at radius 3 is 2.55 bits per heavy atom. The highest BCUT2D eigenvalue weighted by atomic mass is 19.4. The van der Waals surface area contributed by atoms with E-state index in [2.05, 4.69) is 5.32 Å².